The molecule has 3 rings (SSSR count). The monoisotopic (exact) mass is 271 g/mol. The van der Waals surface area contributed by atoms with Crippen LogP contribution in [0.1, 0.15) is 36.6 Å². The van der Waals surface area contributed by atoms with Gasteiger partial charge >= 0.3 is 0 Å². The Labute approximate surface area is 119 Å². The van der Waals surface area contributed by atoms with Crippen molar-refractivity contribution in [3.05, 3.63) is 48.0 Å². The van der Waals surface area contributed by atoms with E-state index in [4.69, 9.17) is 4.74 Å². The Kier molecular flexibility index (Phi) is 4.02. The lowest BCUT2D eigenvalue weighted by atomic mass is 9.95. The van der Waals surface area contributed by atoms with E-state index in [-0.39, 0.29) is 0 Å². The molecule has 0 amide bonds. The molecule has 2 aromatic rings. The highest BCUT2D eigenvalue weighted by atomic mass is 16.5. The Morgan fingerprint density at radius 3 is 3.15 bits per heavy atom. The molecule has 1 saturated heterocycles. The molecule has 1 atom stereocenters. The molecular formula is C16H21N3O. The van der Waals surface area contributed by atoms with Gasteiger partial charge in [0.1, 0.15) is 5.75 Å². The van der Waals surface area contributed by atoms with Crippen molar-refractivity contribution >= 4 is 0 Å². The number of methoxy groups -OCH3 is 1. The second-order valence-corrected chi connectivity index (χ2v) is 5.34. The summed E-state index contributed by atoms with van der Waals surface area (Å²) in [7, 11) is 1.72. The predicted octanol–water partition coefficient (Wildman–Crippen LogP) is 3.15. The van der Waals surface area contributed by atoms with Crippen LogP contribution in [0.2, 0.25) is 0 Å². The minimum absolute atomic E-state index is 0.474. The van der Waals surface area contributed by atoms with Gasteiger partial charge in [-0.3, -0.25) is 4.90 Å². The number of hydrogen-bond donors (Lipinski definition) is 1. The molecule has 1 fully saturated rings. The fraction of sp³-hybridized carbons (Fsp3) is 0.438. The maximum atomic E-state index is 5.35. The molecule has 1 aliphatic rings. The molecule has 0 saturated carbocycles. The summed E-state index contributed by atoms with van der Waals surface area (Å²) in [6.45, 7) is 2.07. The second kappa shape index (κ2) is 6.09. The van der Waals surface area contributed by atoms with Crippen LogP contribution >= 0.6 is 0 Å². The normalized spacial score (nSPS) is 19.9. The molecule has 1 aliphatic heterocycles. The first-order chi connectivity index (χ1) is 9.86. The molecule has 2 heterocycles. The standard InChI is InChI=1S/C16H21N3O/c1-20-15-6-4-5-13(9-15)16-7-2-3-8-19(16)11-14-10-17-12-18-14/h4-6,9-10,12,16H,2-3,7-8,11H2,1H3,(H,17,18). The van der Waals surface area contributed by atoms with Crippen LogP contribution in [0.5, 0.6) is 5.75 Å². The average molecular weight is 271 g/mol. The van der Waals surface area contributed by atoms with Gasteiger partial charge in [0, 0.05) is 24.5 Å². The molecule has 0 aliphatic carbocycles. The van der Waals surface area contributed by atoms with E-state index in [1.807, 2.05) is 12.3 Å². The summed E-state index contributed by atoms with van der Waals surface area (Å²) < 4.78 is 5.35. The second-order valence-electron chi connectivity index (χ2n) is 5.34. The average Bonchev–Trinajstić information content (AvgIpc) is 3.01. The molecule has 1 aromatic carbocycles. The SMILES string of the molecule is COc1cccc(C2CCCCN2Cc2cnc[nH]2)c1. The molecule has 0 spiro atoms. The quantitative estimate of drug-likeness (QED) is 0.928. The smallest absolute Gasteiger partial charge is 0.119 e. The van der Waals surface area contributed by atoms with Crippen molar-refractivity contribution in [2.24, 2.45) is 0 Å². The van der Waals surface area contributed by atoms with Crippen molar-refractivity contribution in [1.82, 2.24) is 14.9 Å². The minimum Gasteiger partial charge on any atom is -0.497 e. The summed E-state index contributed by atoms with van der Waals surface area (Å²) in [6, 6.07) is 8.93. The number of ether oxygens (including phenoxy) is 1. The summed E-state index contributed by atoms with van der Waals surface area (Å²) >= 11 is 0. The number of likely N-dealkylation sites (tertiary alicyclic amines) is 1. The number of benzene rings is 1. The Morgan fingerprint density at radius 1 is 1.40 bits per heavy atom. The van der Waals surface area contributed by atoms with Gasteiger partial charge in [0.2, 0.25) is 0 Å². The van der Waals surface area contributed by atoms with E-state index in [0.29, 0.717) is 6.04 Å². The Morgan fingerprint density at radius 2 is 2.35 bits per heavy atom. The lowest BCUT2D eigenvalue weighted by Gasteiger charge is -2.35. The fourth-order valence-corrected chi connectivity index (χ4v) is 3.00. The molecule has 4 nitrogen and oxygen atoms in total. The number of rotatable bonds is 4. The number of hydrogen-bond acceptors (Lipinski definition) is 3. The molecule has 0 bridgehead atoms. The van der Waals surface area contributed by atoms with Gasteiger partial charge in [-0.15, -0.1) is 0 Å². The van der Waals surface area contributed by atoms with Gasteiger partial charge in [0.25, 0.3) is 0 Å². The van der Waals surface area contributed by atoms with Crippen molar-refractivity contribution in [2.45, 2.75) is 31.8 Å². The maximum Gasteiger partial charge on any atom is 0.119 e. The van der Waals surface area contributed by atoms with Gasteiger partial charge in [0.15, 0.2) is 0 Å². The Hall–Kier alpha value is -1.81. The third-order valence-corrected chi connectivity index (χ3v) is 4.02. The molecule has 1 N–H and O–H groups in total. The van der Waals surface area contributed by atoms with E-state index in [0.717, 1.165) is 18.8 Å². The number of H-pyrrole nitrogens is 1. The molecule has 1 unspecified atom stereocenters. The van der Waals surface area contributed by atoms with Crippen LogP contribution in [0.3, 0.4) is 0 Å². The molecular weight excluding hydrogens is 250 g/mol. The van der Waals surface area contributed by atoms with Crippen LogP contribution in [0, 0.1) is 0 Å². The van der Waals surface area contributed by atoms with Crippen LogP contribution in [-0.2, 0) is 6.54 Å². The molecule has 4 heteroatoms. The van der Waals surface area contributed by atoms with Crippen LogP contribution in [-0.4, -0.2) is 28.5 Å². The number of nitrogens with zero attached hydrogens (tertiary/aromatic N) is 2. The first-order valence-electron chi connectivity index (χ1n) is 7.22. The molecule has 20 heavy (non-hydrogen) atoms. The van der Waals surface area contributed by atoms with Gasteiger partial charge in [0.05, 0.1) is 13.4 Å². The fourth-order valence-electron chi connectivity index (χ4n) is 3.00. The predicted molar refractivity (Wildman–Crippen MR) is 78.6 cm³/mol. The molecule has 1 aromatic heterocycles. The van der Waals surface area contributed by atoms with E-state index in [2.05, 4.69) is 33.1 Å². The maximum absolute atomic E-state index is 5.35. The van der Waals surface area contributed by atoms with Gasteiger partial charge < -0.3 is 9.72 Å². The molecule has 106 valence electrons. The highest BCUT2D eigenvalue weighted by Crippen LogP contribution is 2.33. The van der Waals surface area contributed by atoms with Crippen molar-refractivity contribution < 1.29 is 4.74 Å². The number of aromatic amines is 1. The summed E-state index contributed by atoms with van der Waals surface area (Å²) in [4.78, 5) is 9.85. The van der Waals surface area contributed by atoms with Crippen molar-refractivity contribution in [1.29, 1.82) is 0 Å². The topological polar surface area (TPSA) is 41.1 Å². The third-order valence-electron chi connectivity index (χ3n) is 4.02. The van der Waals surface area contributed by atoms with E-state index < -0.39 is 0 Å². The zero-order valence-corrected chi connectivity index (χ0v) is 11.9. The number of piperidine rings is 1. The van der Waals surface area contributed by atoms with E-state index >= 15 is 0 Å². The Bertz CT molecular complexity index is 538. The highest BCUT2D eigenvalue weighted by molar-refractivity contribution is 5.30. The Balaban J connectivity index is 1.80. The van der Waals surface area contributed by atoms with Crippen molar-refractivity contribution in [2.75, 3.05) is 13.7 Å². The zero-order valence-electron chi connectivity index (χ0n) is 11.9. The molecule has 0 radical (unpaired) electrons. The van der Waals surface area contributed by atoms with Gasteiger partial charge in [-0.25, -0.2) is 4.98 Å². The van der Waals surface area contributed by atoms with Crippen LogP contribution in [0.4, 0.5) is 0 Å². The van der Waals surface area contributed by atoms with E-state index in [9.17, 15) is 0 Å². The summed E-state index contributed by atoms with van der Waals surface area (Å²) in [6.07, 6.45) is 7.44. The van der Waals surface area contributed by atoms with Gasteiger partial charge in [-0.1, -0.05) is 18.6 Å². The van der Waals surface area contributed by atoms with Crippen molar-refractivity contribution in [3.63, 3.8) is 0 Å². The van der Waals surface area contributed by atoms with Gasteiger partial charge in [-0.2, -0.15) is 0 Å². The van der Waals surface area contributed by atoms with Crippen LogP contribution in [0.25, 0.3) is 0 Å². The lowest BCUT2D eigenvalue weighted by Crippen LogP contribution is -2.33. The number of aromatic nitrogens is 2. The zero-order chi connectivity index (χ0) is 13.8. The summed E-state index contributed by atoms with van der Waals surface area (Å²) in [5, 5.41) is 0. The van der Waals surface area contributed by atoms with E-state index in [1.165, 1.54) is 30.5 Å². The number of imidazole rings is 1. The first-order valence-corrected chi connectivity index (χ1v) is 7.22. The summed E-state index contributed by atoms with van der Waals surface area (Å²) in [5.74, 6) is 0.939. The minimum atomic E-state index is 0.474. The highest BCUT2D eigenvalue weighted by Gasteiger charge is 2.24. The third kappa shape index (κ3) is 2.85. The van der Waals surface area contributed by atoms with Crippen LogP contribution in [0.15, 0.2) is 36.8 Å². The van der Waals surface area contributed by atoms with E-state index in [1.54, 1.807) is 13.4 Å². The van der Waals surface area contributed by atoms with Crippen LogP contribution < -0.4 is 4.74 Å². The largest absolute Gasteiger partial charge is 0.497 e. The lowest BCUT2D eigenvalue weighted by molar-refractivity contribution is 0.138. The number of nitrogens with one attached hydrogen (secondary N) is 1. The summed E-state index contributed by atoms with van der Waals surface area (Å²) in [5.41, 5.74) is 2.53. The van der Waals surface area contributed by atoms with Crippen molar-refractivity contribution in [3.8, 4) is 5.75 Å². The van der Waals surface area contributed by atoms with Gasteiger partial charge in [-0.05, 0) is 37.1 Å². The first kappa shape index (κ1) is 13.2.